The van der Waals surface area contributed by atoms with Crippen LogP contribution in [-0.4, -0.2) is 57.6 Å². The Labute approximate surface area is 214 Å². The SMILES string of the molecule is CCC1CC(NC(=O)O)CC1c1nnc2cnc3c(ccn3S(=O)(=O)c3ccc(C)cc3)n12.N[SH](=O)=O. The van der Waals surface area contributed by atoms with E-state index in [9.17, 15) is 13.2 Å². The van der Waals surface area contributed by atoms with Gasteiger partial charge in [-0.2, -0.15) is 0 Å². The van der Waals surface area contributed by atoms with Gasteiger partial charge in [-0.3, -0.25) is 4.40 Å². The molecular formula is C22H27N7O6S2. The van der Waals surface area contributed by atoms with E-state index in [0.717, 1.165) is 18.4 Å². The van der Waals surface area contributed by atoms with Gasteiger partial charge < -0.3 is 10.4 Å². The van der Waals surface area contributed by atoms with Crippen LogP contribution in [0, 0.1) is 12.8 Å². The van der Waals surface area contributed by atoms with Gasteiger partial charge in [0.05, 0.1) is 16.6 Å². The number of aryl methyl sites for hydroxylation is 1. The van der Waals surface area contributed by atoms with E-state index in [1.54, 1.807) is 30.3 Å². The van der Waals surface area contributed by atoms with Crippen molar-refractivity contribution in [3.8, 4) is 0 Å². The van der Waals surface area contributed by atoms with Crippen LogP contribution in [0.2, 0.25) is 0 Å². The number of nitrogens with zero attached hydrogens (tertiary/aromatic N) is 5. The standard InChI is InChI=1S/C22H24N6O4S.H3NO2S/c1-3-14-10-15(24-22(29)30)11-17(14)20-26-25-19-12-23-21-18(28(19)20)8-9-27(21)33(31,32)16-6-4-13(2)5-7-16;1-4(2)3/h4-9,12,14-15,17,24H,3,10-11H2,1-2H3,(H,29,30);4H,(H2,1,2,3). The average Bonchev–Trinajstić information content (AvgIpc) is 3.54. The highest BCUT2D eigenvalue weighted by Gasteiger charge is 2.38. The molecule has 1 aliphatic rings. The summed E-state index contributed by atoms with van der Waals surface area (Å²) in [4.78, 5) is 15.7. The number of hydrogen-bond acceptors (Lipinski definition) is 8. The topological polar surface area (TPSA) is 192 Å². The average molecular weight is 550 g/mol. The van der Waals surface area contributed by atoms with Gasteiger partial charge in [-0.1, -0.05) is 31.0 Å². The number of hydrogen-bond donors (Lipinski definition) is 4. The second kappa shape index (κ2) is 10.4. The van der Waals surface area contributed by atoms with Crippen molar-refractivity contribution in [3.05, 3.63) is 54.1 Å². The number of carbonyl (C=O) groups is 1. The fourth-order valence-electron chi connectivity index (χ4n) is 4.89. The van der Waals surface area contributed by atoms with E-state index in [2.05, 4.69) is 32.6 Å². The van der Waals surface area contributed by atoms with Crippen molar-refractivity contribution in [2.45, 2.75) is 50.0 Å². The maximum Gasteiger partial charge on any atom is 0.404 e. The van der Waals surface area contributed by atoms with E-state index in [1.807, 2.05) is 11.3 Å². The molecule has 3 aromatic heterocycles. The van der Waals surface area contributed by atoms with Gasteiger partial charge in [0.15, 0.2) is 22.2 Å². The molecule has 5 rings (SSSR count). The molecule has 4 aromatic rings. The van der Waals surface area contributed by atoms with E-state index < -0.39 is 27.0 Å². The molecule has 3 unspecified atom stereocenters. The molecule has 1 aromatic carbocycles. The van der Waals surface area contributed by atoms with Crippen molar-refractivity contribution in [1.29, 1.82) is 0 Å². The lowest BCUT2D eigenvalue weighted by atomic mass is 9.93. The summed E-state index contributed by atoms with van der Waals surface area (Å²) in [6, 6.07) is 8.23. The number of aromatic nitrogens is 5. The maximum atomic E-state index is 13.3. The van der Waals surface area contributed by atoms with Crippen LogP contribution in [0.25, 0.3) is 16.8 Å². The molecule has 0 aliphatic heterocycles. The number of fused-ring (bicyclic) bond motifs is 3. The molecule has 1 saturated carbocycles. The van der Waals surface area contributed by atoms with E-state index in [4.69, 9.17) is 13.5 Å². The second-order valence-electron chi connectivity index (χ2n) is 8.83. The summed E-state index contributed by atoms with van der Waals surface area (Å²) in [6.07, 6.45) is 4.18. The Kier molecular flexibility index (Phi) is 7.47. The van der Waals surface area contributed by atoms with E-state index >= 15 is 0 Å². The van der Waals surface area contributed by atoms with Crippen molar-refractivity contribution in [2.24, 2.45) is 11.1 Å². The highest BCUT2D eigenvalue weighted by molar-refractivity contribution is 7.90. The Morgan fingerprint density at radius 3 is 2.49 bits per heavy atom. The zero-order valence-electron chi connectivity index (χ0n) is 20.1. The molecule has 0 saturated heterocycles. The van der Waals surface area contributed by atoms with Crippen LogP contribution < -0.4 is 10.5 Å². The third-order valence-electron chi connectivity index (χ3n) is 6.52. The van der Waals surface area contributed by atoms with Crippen LogP contribution in [0.15, 0.2) is 47.6 Å². The third kappa shape index (κ3) is 5.28. The van der Waals surface area contributed by atoms with Crippen LogP contribution >= 0.6 is 0 Å². The molecule has 4 N–H and O–H groups in total. The second-order valence-corrected chi connectivity index (χ2v) is 11.2. The molecule has 13 nitrogen and oxygen atoms in total. The van der Waals surface area contributed by atoms with Crippen LogP contribution in [0.1, 0.15) is 43.5 Å². The van der Waals surface area contributed by atoms with Crippen LogP contribution in [0.3, 0.4) is 0 Å². The third-order valence-corrected chi connectivity index (χ3v) is 8.20. The van der Waals surface area contributed by atoms with Crippen LogP contribution in [0.4, 0.5) is 4.79 Å². The van der Waals surface area contributed by atoms with Crippen LogP contribution in [0.5, 0.6) is 0 Å². The molecule has 3 atom stereocenters. The lowest BCUT2D eigenvalue weighted by Crippen LogP contribution is -2.31. The monoisotopic (exact) mass is 549 g/mol. The summed E-state index contributed by atoms with van der Waals surface area (Å²) in [5, 5.41) is 24.5. The van der Waals surface area contributed by atoms with Crippen molar-refractivity contribution in [2.75, 3.05) is 0 Å². The Morgan fingerprint density at radius 2 is 1.86 bits per heavy atom. The number of nitrogens with one attached hydrogen (secondary N) is 1. The highest BCUT2D eigenvalue weighted by atomic mass is 32.2. The molecule has 37 heavy (non-hydrogen) atoms. The lowest BCUT2D eigenvalue weighted by molar-refractivity contribution is 0.189. The first-order valence-corrected chi connectivity index (χ1v) is 14.1. The molecule has 198 valence electrons. The lowest BCUT2D eigenvalue weighted by Gasteiger charge is -2.16. The van der Waals surface area contributed by atoms with Crippen molar-refractivity contribution in [1.82, 2.24) is 28.9 Å². The molecule has 1 aliphatic carbocycles. The van der Waals surface area contributed by atoms with Gasteiger partial charge in [-0.25, -0.2) is 35.7 Å². The number of rotatable bonds is 5. The normalized spacial score (nSPS) is 19.7. The molecular weight excluding hydrogens is 522 g/mol. The predicted molar refractivity (Wildman–Crippen MR) is 135 cm³/mol. The van der Waals surface area contributed by atoms with E-state index in [-0.39, 0.29) is 28.4 Å². The molecule has 0 radical (unpaired) electrons. The maximum absolute atomic E-state index is 13.3. The van der Waals surface area contributed by atoms with Gasteiger partial charge in [-0.15, -0.1) is 10.2 Å². The highest BCUT2D eigenvalue weighted by Crippen LogP contribution is 2.41. The van der Waals surface area contributed by atoms with E-state index in [0.29, 0.717) is 23.4 Å². The summed E-state index contributed by atoms with van der Waals surface area (Å²) in [5.41, 5.74) is 2.37. The minimum atomic E-state index is -3.84. The number of thiol groups is 1. The summed E-state index contributed by atoms with van der Waals surface area (Å²) in [5.74, 6) is 0.921. The molecule has 1 amide bonds. The zero-order valence-corrected chi connectivity index (χ0v) is 21.8. The molecule has 0 spiro atoms. The van der Waals surface area contributed by atoms with Crippen molar-refractivity contribution in [3.63, 3.8) is 0 Å². The first kappa shape index (κ1) is 26.5. The fraction of sp³-hybridized carbons (Fsp3) is 0.364. The smallest absolute Gasteiger partial charge is 0.404 e. The first-order valence-electron chi connectivity index (χ1n) is 11.4. The zero-order chi connectivity index (χ0) is 26.9. The number of nitrogens with two attached hydrogens (primary N) is 1. The van der Waals surface area contributed by atoms with Gasteiger partial charge in [0, 0.05) is 18.2 Å². The first-order chi connectivity index (χ1) is 17.5. The Morgan fingerprint density at radius 1 is 1.19 bits per heavy atom. The largest absolute Gasteiger partial charge is 0.465 e. The Bertz CT molecular complexity index is 1620. The van der Waals surface area contributed by atoms with Crippen LogP contribution in [-0.2, 0) is 20.9 Å². The molecule has 15 heteroatoms. The molecule has 0 bridgehead atoms. The minimum Gasteiger partial charge on any atom is -0.465 e. The Hall–Kier alpha value is -3.56. The van der Waals surface area contributed by atoms with Gasteiger partial charge in [0.2, 0.25) is 0 Å². The number of benzene rings is 1. The van der Waals surface area contributed by atoms with Crippen molar-refractivity contribution >= 4 is 43.8 Å². The number of amides is 1. The van der Waals surface area contributed by atoms with Gasteiger partial charge >= 0.3 is 6.09 Å². The summed E-state index contributed by atoms with van der Waals surface area (Å²) in [6.45, 7) is 3.97. The summed E-state index contributed by atoms with van der Waals surface area (Å²) in [7, 11) is -6.46. The molecule has 3 heterocycles. The quantitative estimate of drug-likeness (QED) is 0.268. The van der Waals surface area contributed by atoms with Gasteiger partial charge in [0.25, 0.3) is 10.0 Å². The molecule has 1 fully saturated rings. The number of carboxylic acid groups (broad SMARTS) is 1. The van der Waals surface area contributed by atoms with Gasteiger partial charge in [0.1, 0.15) is 5.82 Å². The predicted octanol–water partition coefficient (Wildman–Crippen LogP) is 1.64. The van der Waals surface area contributed by atoms with Crippen molar-refractivity contribution < 1.29 is 26.7 Å². The summed E-state index contributed by atoms with van der Waals surface area (Å²) < 4.78 is 47.3. The fourth-order valence-corrected chi connectivity index (χ4v) is 6.19. The Balaban J connectivity index is 0.000000747. The summed E-state index contributed by atoms with van der Waals surface area (Å²) >= 11 is 0. The minimum absolute atomic E-state index is 0.00972. The van der Waals surface area contributed by atoms with E-state index in [1.165, 1.54) is 16.4 Å². The van der Waals surface area contributed by atoms with Gasteiger partial charge in [-0.05, 0) is 43.9 Å².